The van der Waals surface area contributed by atoms with Crippen LogP contribution in [0.25, 0.3) is 0 Å². The van der Waals surface area contributed by atoms with Gasteiger partial charge < -0.3 is 10.6 Å². The fraction of sp³-hybridized carbons (Fsp3) is 0.375. The molecule has 2 rings (SSSR count). The number of amides is 2. The van der Waals surface area contributed by atoms with Crippen LogP contribution in [0.4, 0.5) is 9.52 Å². The van der Waals surface area contributed by atoms with E-state index in [4.69, 9.17) is 0 Å². The molecule has 0 saturated carbocycles. The van der Waals surface area contributed by atoms with Gasteiger partial charge in [-0.25, -0.2) is 4.39 Å². The summed E-state index contributed by atoms with van der Waals surface area (Å²) in [5, 5.41) is 13.7. The number of nitrogens with zero attached hydrogens (tertiary/aromatic N) is 2. The molecule has 9 heteroatoms. The second kappa shape index (κ2) is 10.1. The zero-order valence-corrected chi connectivity index (χ0v) is 15.4. The summed E-state index contributed by atoms with van der Waals surface area (Å²) in [6.07, 6.45) is 2.25. The van der Waals surface area contributed by atoms with Gasteiger partial charge in [0.25, 0.3) is 0 Å². The van der Waals surface area contributed by atoms with Crippen molar-refractivity contribution in [2.24, 2.45) is 0 Å². The van der Waals surface area contributed by atoms with Crippen LogP contribution in [-0.2, 0) is 16.1 Å². The van der Waals surface area contributed by atoms with E-state index < -0.39 is 0 Å². The first-order valence-corrected chi connectivity index (χ1v) is 9.64. The lowest BCUT2D eigenvalue weighted by atomic mass is 10.2. The van der Waals surface area contributed by atoms with E-state index in [-0.39, 0.29) is 23.4 Å². The summed E-state index contributed by atoms with van der Waals surface area (Å²) in [5.41, 5.74) is 0.827. The minimum Gasteiger partial charge on any atom is -0.351 e. The molecule has 1 aromatic heterocycles. The maximum atomic E-state index is 12.8. The number of halogens is 1. The molecule has 0 fully saturated rings. The highest BCUT2D eigenvalue weighted by atomic mass is 32.2. The molecule has 0 radical (unpaired) electrons. The average Bonchev–Trinajstić information content (AvgIpc) is 3.05. The molecule has 1 heterocycles. The number of thioether (sulfide) groups is 1. The molecule has 0 atom stereocenters. The first-order valence-electron chi connectivity index (χ1n) is 7.84. The zero-order chi connectivity index (χ0) is 18.1. The van der Waals surface area contributed by atoms with E-state index in [2.05, 4.69) is 20.8 Å². The van der Waals surface area contributed by atoms with E-state index in [1.54, 1.807) is 12.1 Å². The van der Waals surface area contributed by atoms with Gasteiger partial charge in [-0.3, -0.25) is 9.59 Å². The first-order chi connectivity index (χ1) is 12.1. The summed E-state index contributed by atoms with van der Waals surface area (Å²) < 4.78 is 13.4. The van der Waals surface area contributed by atoms with Crippen molar-refractivity contribution in [2.45, 2.75) is 37.1 Å². The van der Waals surface area contributed by atoms with Gasteiger partial charge in [-0.05, 0) is 24.1 Å². The van der Waals surface area contributed by atoms with Gasteiger partial charge in [0, 0.05) is 13.0 Å². The lowest BCUT2D eigenvalue weighted by Gasteiger charge is -2.04. The third-order valence-electron chi connectivity index (χ3n) is 3.14. The van der Waals surface area contributed by atoms with E-state index in [9.17, 15) is 14.0 Å². The second-order valence-corrected chi connectivity index (χ2v) is 7.42. The molecule has 0 bridgehead atoms. The third-order valence-corrected chi connectivity index (χ3v) is 5.11. The lowest BCUT2D eigenvalue weighted by molar-refractivity contribution is -0.118. The Morgan fingerprint density at radius 1 is 1.20 bits per heavy atom. The quantitative estimate of drug-likeness (QED) is 0.514. The number of nitrogens with one attached hydrogen (secondary N) is 2. The van der Waals surface area contributed by atoms with E-state index >= 15 is 0 Å². The van der Waals surface area contributed by atoms with Crippen LogP contribution in [0.15, 0.2) is 28.6 Å². The molecule has 2 amide bonds. The predicted molar refractivity (Wildman–Crippen MR) is 97.0 cm³/mol. The van der Waals surface area contributed by atoms with Crippen LogP contribution in [0, 0.1) is 5.82 Å². The monoisotopic (exact) mass is 382 g/mol. The SMILES string of the molecule is CCCCC(=O)Nc1nnc(SCC(=O)NCc2ccc(F)cc2)s1. The Morgan fingerprint density at radius 2 is 1.96 bits per heavy atom. The Balaban J connectivity index is 1.71. The Labute approximate surface area is 153 Å². The van der Waals surface area contributed by atoms with Gasteiger partial charge in [0.15, 0.2) is 4.34 Å². The van der Waals surface area contributed by atoms with Gasteiger partial charge in [0.1, 0.15) is 5.82 Å². The Bertz CT molecular complexity index is 706. The fourth-order valence-electron chi connectivity index (χ4n) is 1.82. The number of unbranched alkanes of at least 4 members (excludes halogenated alkanes) is 1. The number of rotatable bonds is 9. The lowest BCUT2D eigenvalue weighted by Crippen LogP contribution is -2.24. The molecule has 0 aliphatic rings. The van der Waals surface area contributed by atoms with Gasteiger partial charge in [0.2, 0.25) is 16.9 Å². The summed E-state index contributed by atoms with van der Waals surface area (Å²) in [4.78, 5) is 23.5. The van der Waals surface area contributed by atoms with Crippen LogP contribution in [-0.4, -0.2) is 27.8 Å². The molecule has 0 saturated heterocycles. The summed E-state index contributed by atoms with van der Waals surface area (Å²) in [6, 6.07) is 5.96. The van der Waals surface area contributed by atoms with Crippen molar-refractivity contribution in [1.82, 2.24) is 15.5 Å². The van der Waals surface area contributed by atoms with Crippen molar-refractivity contribution in [3.8, 4) is 0 Å². The molecule has 134 valence electrons. The van der Waals surface area contributed by atoms with Crippen LogP contribution in [0.2, 0.25) is 0 Å². The third kappa shape index (κ3) is 7.18. The van der Waals surface area contributed by atoms with Crippen LogP contribution in [0.5, 0.6) is 0 Å². The van der Waals surface area contributed by atoms with Gasteiger partial charge >= 0.3 is 0 Å². The maximum Gasteiger partial charge on any atom is 0.230 e. The normalized spacial score (nSPS) is 10.5. The van der Waals surface area contributed by atoms with Crippen LogP contribution in [0.1, 0.15) is 31.7 Å². The van der Waals surface area contributed by atoms with Crippen LogP contribution in [0.3, 0.4) is 0 Å². The highest BCUT2D eigenvalue weighted by Crippen LogP contribution is 2.25. The average molecular weight is 382 g/mol. The number of hydrogen-bond acceptors (Lipinski definition) is 6. The Hall–Kier alpha value is -2.00. The highest BCUT2D eigenvalue weighted by Gasteiger charge is 2.10. The smallest absolute Gasteiger partial charge is 0.230 e. The van der Waals surface area contributed by atoms with E-state index in [1.807, 2.05) is 6.92 Å². The number of hydrogen-bond donors (Lipinski definition) is 2. The van der Waals surface area contributed by atoms with Crippen molar-refractivity contribution in [1.29, 1.82) is 0 Å². The second-order valence-electron chi connectivity index (χ2n) is 5.22. The van der Waals surface area contributed by atoms with E-state index in [0.717, 1.165) is 18.4 Å². The molecular formula is C16H19FN4O2S2. The number of benzene rings is 1. The summed E-state index contributed by atoms with van der Waals surface area (Å²) in [7, 11) is 0. The van der Waals surface area contributed by atoms with Crippen molar-refractivity contribution in [3.05, 3.63) is 35.6 Å². The molecule has 6 nitrogen and oxygen atoms in total. The molecule has 25 heavy (non-hydrogen) atoms. The number of aromatic nitrogens is 2. The maximum absolute atomic E-state index is 12.8. The molecule has 0 aliphatic carbocycles. The minimum absolute atomic E-state index is 0.0772. The molecule has 0 aliphatic heterocycles. The van der Waals surface area contributed by atoms with Crippen molar-refractivity contribution in [3.63, 3.8) is 0 Å². The standard InChI is InChI=1S/C16H19FN4O2S2/c1-2-3-4-13(22)19-15-20-21-16(25-15)24-10-14(23)18-9-11-5-7-12(17)8-6-11/h5-8H,2-4,9-10H2,1H3,(H,18,23)(H,19,20,22). The number of carbonyl (C=O) groups excluding carboxylic acids is 2. The van der Waals surface area contributed by atoms with Crippen LogP contribution >= 0.6 is 23.1 Å². The van der Waals surface area contributed by atoms with Gasteiger partial charge in [-0.15, -0.1) is 10.2 Å². The number of anilines is 1. The summed E-state index contributed by atoms with van der Waals surface area (Å²) in [5.74, 6) is -0.344. The molecule has 2 aromatic rings. The summed E-state index contributed by atoms with van der Waals surface area (Å²) in [6.45, 7) is 2.36. The predicted octanol–water partition coefficient (Wildman–Crippen LogP) is 3.21. The Morgan fingerprint density at radius 3 is 2.68 bits per heavy atom. The highest BCUT2D eigenvalue weighted by molar-refractivity contribution is 8.01. The van der Waals surface area contributed by atoms with Crippen molar-refractivity contribution in [2.75, 3.05) is 11.1 Å². The number of carbonyl (C=O) groups is 2. The summed E-state index contributed by atoms with van der Waals surface area (Å²) >= 11 is 2.49. The fourth-order valence-corrected chi connectivity index (χ4v) is 3.42. The van der Waals surface area contributed by atoms with E-state index in [0.29, 0.717) is 22.4 Å². The Kier molecular flexibility index (Phi) is 7.80. The zero-order valence-electron chi connectivity index (χ0n) is 13.8. The van der Waals surface area contributed by atoms with E-state index in [1.165, 1.54) is 35.2 Å². The minimum atomic E-state index is -0.306. The molecular weight excluding hydrogens is 363 g/mol. The van der Waals surface area contributed by atoms with Crippen LogP contribution < -0.4 is 10.6 Å². The molecule has 2 N–H and O–H groups in total. The van der Waals surface area contributed by atoms with Crippen molar-refractivity contribution >= 4 is 40.0 Å². The van der Waals surface area contributed by atoms with Gasteiger partial charge in [-0.2, -0.15) is 0 Å². The largest absolute Gasteiger partial charge is 0.351 e. The molecule has 0 spiro atoms. The first kappa shape index (κ1) is 19.3. The molecule has 0 unspecified atom stereocenters. The van der Waals surface area contributed by atoms with Crippen molar-refractivity contribution < 1.29 is 14.0 Å². The topological polar surface area (TPSA) is 84.0 Å². The van der Waals surface area contributed by atoms with Gasteiger partial charge in [-0.1, -0.05) is 48.6 Å². The van der Waals surface area contributed by atoms with Gasteiger partial charge in [0.05, 0.1) is 5.75 Å². The molecule has 1 aromatic carbocycles.